The fraction of sp³-hybridized carbons (Fsp3) is 0.364. The first kappa shape index (κ1) is 18.3. The molecule has 28 heavy (non-hydrogen) atoms. The van der Waals surface area contributed by atoms with Gasteiger partial charge in [0.05, 0.1) is 0 Å². The molecule has 1 atom stereocenters. The Bertz CT molecular complexity index is 926. The van der Waals surface area contributed by atoms with E-state index in [0.717, 1.165) is 31.4 Å². The molecule has 6 nitrogen and oxygen atoms in total. The molecule has 0 bridgehead atoms. The number of aryl methyl sites for hydroxylation is 1. The molecule has 1 amide bonds. The average molecular weight is 376 g/mol. The maximum Gasteiger partial charge on any atom is 0.258 e. The summed E-state index contributed by atoms with van der Waals surface area (Å²) in [6, 6.07) is 13.8. The number of rotatable bonds is 5. The Morgan fingerprint density at radius 3 is 2.75 bits per heavy atom. The summed E-state index contributed by atoms with van der Waals surface area (Å²) >= 11 is 0. The number of piperidine rings is 1. The van der Waals surface area contributed by atoms with Crippen LogP contribution in [0.5, 0.6) is 0 Å². The standard InChI is InChI=1S/C22H24N4O2/c1-22(21-24-20(28-25-21)18-10-13-23-14-11-18)12-5-15-26(16-22)19(27)9-8-17-6-3-2-4-7-17/h2-4,6-7,10-11,13-14H,5,8-9,12,15-16H2,1H3. The van der Waals surface area contributed by atoms with Crippen LogP contribution in [0, 0.1) is 0 Å². The van der Waals surface area contributed by atoms with E-state index in [1.807, 2.05) is 35.2 Å². The number of likely N-dealkylation sites (tertiary alicyclic amines) is 1. The van der Waals surface area contributed by atoms with Gasteiger partial charge in [0.1, 0.15) is 0 Å². The normalized spacial score (nSPS) is 19.5. The molecule has 3 aromatic rings. The van der Waals surface area contributed by atoms with Gasteiger partial charge in [0.15, 0.2) is 5.82 Å². The summed E-state index contributed by atoms with van der Waals surface area (Å²) in [6.45, 7) is 3.53. The van der Waals surface area contributed by atoms with E-state index in [9.17, 15) is 4.79 Å². The molecule has 1 aliphatic heterocycles. The summed E-state index contributed by atoms with van der Waals surface area (Å²) in [6.07, 6.45) is 6.57. The molecule has 0 aliphatic carbocycles. The minimum absolute atomic E-state index is 0.188. The van der Waals surface area contributed by atoms with E-state index in [2.05, 4.69) is 34.2 Å². The van der Waals surface area contributed by atoms with E-state index in [1.54, 1.807) is 12.4 Å². The largest absolute Gasteiger partial charge is 0.342 e. The lowest BCUT2D eigenvalue weighted by Crippen LogP contribution is -2.47. The zero-order valence-corrected chi connectivity index (χ0v) is 16.0. The van der Waals surface area contributed by atoms with Gasteiger partial charge in [0.2, 0.25) is 5.91 Å². The van der Waals surface area contributed by atoms with Gasteiger partial charge in [-0.3, -0.25) is 9.78 Å². The first-order chi connectivity index (χ1) is 13.6. The Labute approximate surface area is 164 Å². The van der Waals surface area contributed by atoms with E-state index in [1.165, 1.54) is 5.56 Å². The molecule has 144 valence electrons. The fourth-order valence-electron chi connectivity index (χ4n) is 3.77. The summed E-state index contributed by atoms with van der Waals surface area (Å²) in [5.41, 5.74) is 1.75. The van der Waals surface area contributed by atoms with Crippen molar-refractivity contribution in [3.05, 3.63) is 66.2 Å². The Hall–Kier alpha value is -3.02. The number of aromatic nitrogens is 3. The van der Waals surface area contributed by atoms with E-state index in [0.29, 0.717) is 24.7 Å². The molecule has 3 heterocycles. The molecule has 6 heteroatoms. The topological polar surface area (TPSA) is 72.1 Å². The van der Waals surface area contributed by atoms with Crippen molar-refractivity contribution >= 4 is 5.91 Å². The van der Waals surface area contributed by atoms with E-state index in [-0.39, 0.29) is 11.3 Å². The number of amides is 1. The number of carbonyl (C=O) groups excluding carboxylic acids is 1. The second-order valence-corrected chi connectivity index (χ2v) is 7.62. The molecule has 0 spiro atoms. The SMILES string of the molecule is CC1(c2noc(-c3ccncc3)n2)CCCN(C(=O)CCc2ccccc2)C1. The molecular formula is C22H24N4O2. The van der Waals surface area contributed by atoms with Crippen molar-refractivity contribution in [2.75, 3.05) is 13.1 Å². The summed E-state index contributed by atoms with van der Waals surface area (Å²) in [7, 11) is 0. The quantitative estimate of drug-likeness (QED) is 0.680. The summed E-state index contributed by atoms with van der Waals surface area (Å²) in [5, 5.41) is 4.23. The van der Waals surface area contributed by atoms with Crippen molar-refractivity contribution in [3.63, 3.8) is 0 Å². The predicted octanol–water partition coefficient (Wildman–Crippen LogP) is 3.64. The van der Waals surface area contributed by atoms with Crippen LogP contribution in [0.3, 0.4) is 0 Å². The van der Waals surface area contributed by atoms with Crippen molar-refractivity contribution < 1.29 is 9.32 Å². The Morgan fingerprint density at radius 1 is 1.18 bits per heavy atom. The highest BCUT2D eigenvalue weighted by molar-refractivity contribution is 5.76. The molecule has 1 aliphatic rings. The molecule has 0 saturated carbocycles. The van der Waals surface area contributed by atoms with Gasteiger partial charge in [-0.15, -0.1) is 0 Å². The second-order valence-electron chi connectivity index (χ2n) is 7.62. The van der Waals surface area contributed by atoms with E-state index < -0.39 is 0 Å². The monoisotopic (exact) mass is 376 g/mol. The smallest absolute Gasteiger partial charge is 0.258 e. The Morgan fingerprint density at radius 2 is 1.96 bits per heavy atom. The van der Waals surface area contributed by atoms with Gasteiger partial charge in [0, 0.05) is 42.9 Å². The number of benzene rings is 1. The van der Waals surface area contributed by atoms with Crippen LogP contribution < -0.4 is 0 Å². The third-order valence-electron chi connectivity index (χ3n) is 5.41. The van der Waals surface area contributed by atoms with E-state index >= 15 is 0 Å². The van der Waals surface area contributed by atoms with Crippen LogP contribution >= 0.6 is 0 Å². The predicted molar refractivity (Wildman–Crippen MR) is 105 cm³/mol. The number of nitrogens with zero attached hydrogens (tertiary/aromatic N) is 4. The maximum absolute atomic E-state index is 12.8. The number of carbonyl (C=O) groups is 1. The van der Waals surface area contributed by atoms with Gasteiger partial charge in [-0.25, -0.2) is 0 Å². The summed E-state index contributed by atoms with van der Waals surface area (Å²) < 4.78 is 5.48. The highest BCUT2D eigenvalue weighted by Crippen LogP contribution is 2.33. The molecule has 1 aromatic carbocycles. The first-order valence-electron chi connectivity index (χ1n) is 9.70. The van der Waals surface area contributed by atoms with Crippen LogP contribution in [0.4, 0.5) is 0 Å². The third-order valence-corrected chi connectivity index (χ3v) is 5.41. The van der Waals surface area contributed by atoms with Crippen molar-refractivity contribution in [1.29, 1.82) is 0 Å². The fourth-order valence-corrected chi connectivity index (χ4v) is 3.77. The van der Waals surface area contributed by atoms with Gasteiger partial charge in [-0.2, -0.15) is 4.98 Å². The van der Waals surface area contributed by atoms with Crippen LogP contribution in [-0.2, 0) is 16.6 Å². The lowest BCUT2D eigenvalue weighted by Gasteiger charge is -2.38. The van der Waals surface area contributed by atoms with E-state index in [4.69, 9.17) is 4.52 Å². The average Bonchev–Trinajstić information content (AvgIpc) is 3.25. The highest BCUT2D eigenvalue weighted by atomic mass is 16.5. The third kappa shape index (κ3) is 3.96. The zero-order chi connectivity index (χ0) is 19.4. The van der Waals surface area contributed by atoms with Gasteiger partial charge >= 0.3 is 0 Å². The Balaban J connectivity index is 1.44. The van der Waals surface area contributed by atoms with Crippen LogP contribution in [0.25, 0.3) is 11.5 Å². The minimum atomic E-state index is -0.296. The molecule has 0 N–H and O–H groups in total. The van der Waals surface area contributed by atoms with Gasteiger partial charge in [0.25, 0.3) is 5.89 Å². The maximum atomic E-state index is 12.8. The van der Waals surface area contributed by atoms with Crippen molar-refractivity contribution in [2.24, 2.45) is 0 Å². The minimum Gasteiger partial charge on any atom is -0.342 e. The number of hydrogen-bond acceptors (Lipinski definition) is 5. The molecule has 1 unspecified atom stereocenters. The van der Waals surface area contributed by atoms with Crippen molar-refractivity contribution in [2.45, 2.75) is 38.0 Å². The Kier molecular flexibility index (Phi) is 5.19. The second kappa shape index (κ2) is 7.92. The lowest BCUT2D eigenvalue weighted by atomic mass is 9.81. The number of hydrogen-bond donors (Lipinski definition) is 0. The molecule has 4 rings (SSSR count). The molecule has 2 aromatic heterocycles. The molecule has 1 fully saturated rings. The summed E-state index contributed by atoms with van der Waals surface area (Å²) in [4.78, 5) is 23.4. The summed E-state index contributed by atoms with van der Waals surface area (Å²) in [5.74, 6) is 1.35. The molecular weight excluding hydrogens is 352 g/mol. The highest BCUT2D eigenvalue weighted by Gasteiger charge is 2.38. The van der Waals surface area contributed by atoms with Gasteiger partial charge in [-0.1, -0.05) is 42.4 Å². The van der Waals surface area contributed by atoms with Gasteiger partial charge < -0.3 is 9.42 Å². The molecule has 0 radical (unpaired) electrons. The van der Waals surface area contributed by atoms with Crippen LogP contribution in [0.1, 0.15) is 37.6 Å². The number of pyridine rings is 1. The van der Waals surface area contributed by atoms with Crippen LogP contribution in [0.15, 0.2) is 59.4 Å². The van der Waals surface area contributed by atoms with Crippen molar-refractivity contribution in [3.8, 4) is 11.5 Å². The van der Waals surface area contributed by atoms with Crippen molar-refractivity contribution in [1.82, 2.24) is 20.0 Å². The van der Waals surface area contributed by atoms with Gasteiger partial charge in [-0.05, 0) is 37.0 Å². The van der Waals surface area contributed by atoms with Crippen LogP contribution in [-0.4, -0.2) is 39.0 Å². The first-order valence-corrected chi connectivity index (χ1v) is 9.70. The lowest BCUT2D eigenvalue weighted by molar-refractivity contribution is -0.133. The zero-order valence-electron chi connectivity index (χ0n) is 16.0. The van der Waals surface area contributed by atoms with Crippen LogP contribution in [0.2, 0.25) is 0 Å². The molecule has 1 saturated heterocycles.